The third-order valence-electron chi connectivity index (χ3n) is 3.48. The van der Waals surface area contributed by atoms with Gasteiger partial charge in [0.15, 0.2) is 0 Å². The van der Waals surface area contributed by atoms with Crippen molar-refractivity contribution in [2.75, 3.05) is 5.32 Å². The average Bonchev–Trinajstić information content (AvgIpc) is 2.88. The van der Waals surface area contributed by atoms with Crippen LogP contribution in [-0.2, 0) is 21.4 Å². The van der Waals surface area contributed by atoms with Gasteiger partial charge in [0.25, 0.3) is 16.0 Å². The number of amides is 1. The topological polar surface area (TPSA) is 113 Å². The molecule has 0 aliphatic carbocycles. The van der Waals surface area contributed by atoms with Gasteiger partial charge >= 0.3 is 7.12 Å². The van der Waals surface area contributed by atoms with E-state index in [-0.39, 0.29) is 4.90 Å². The van der Waals surface area contributed by atoms with Crippen LogP contribution in [0.4, 0.5) is 5.69 Å². The van der Waals surface area contributed by atoms with Crippen molar-refractivity contribution in [3.8, 4) is 0 Å². The molecule has 0 aromatic heterocycles. The Kier molecular flexibility index (Phi) is 3.94. The van der Waals surface area contributed by atoms with Crippen LogP contribution in [0.5, 0.6) is 0 Å². The fraction of sp³-hybridized carbons (Fsp3) is 0.0714. The lowest BCUT2D eigenvalue weighted by molar-refractivity contribution is 0.102. The van der Waals surface area contributed by atoms with Crippen molar-refractivity contribution in [2.45, 2.75) is 11.5 Å². The monoisotopic (exact) mass is 333 g/mol. The van der Waals surface area contributed by atoms with Crippen LogP contribution in [0.2, 0.25) is 0 Å². The molecule has 0 fully saturated rings. The van der Waals surface area contributed by atoms with Crippen molar-refractivity contribution in [3.05, 3.63) is 53.6 Å². The maximum absolute atomic E-state index is 12.2. The fourth-order valence-electron chi connectivity index (χ4n) is 2.27. The van der Waals surface area contributed by atoms with Gasteiger partial charge in [-0.05, 0) is 47.4 Å². The average molecular weight is 333 g/mol. The minimum atomic E-state index is -4.27. The molecule has 1 amide bonds. The van der Waals surface area contributed by atoms with Crippen molar-refractivity contribution >= 4 is 34.3 Å². The lowest BCUT2D eigenvalue weighted by Gasteiger charge is -2.07. The number of anilines is 1. The van der Waals surface area contributed by atoms with Crippen molar-refractivity contribution in [1.29, 1.82) is 0 Å². The van der Waals surface area contributed by atoms with E-state index in [4.69, 9.17) is 9.21 Å². The van der Waals surface area contributed by atoms with E-state index in [9.17, 15) is 18.2 Å². The summed E-state index contributed by atoms with van der Waals surface area (Å²) in [6.07, 6.45) is 0. The molecular weight excluding hydrogens is 321 g/mol. The molecule has 0 saturated heterocycles. The number of rotatable bonds is 3. The molecular formula is C14H12BNO6S. The molecule has 0 atom stereocenters. The Morgan fingerprint density at radius 3 is 2.52 bits per heavy atom. The van der Waals surface area contributed by atoms with E-state index >= 15 is 0 Å². The van der Waals surface area contributed by atoms with Crippen LogP contribution in [-0.4, -0.2) is 31.0 Å². The number of fused-ring (bicyclic) bond motifs is 1. The van der Waals surface area contributed by atoms with Gasteiger partial charge in [-0.3, -0.25) is 9.35 Å². The number of carbonyl (C=O) groups excluding carboxylic acids is 1. The molecule has 2 aromatic carbocycles. The van der Waals surface area contributed by atoms with Crippen LogP contribution in [0.25, 0.3) is 0 Å². The first-order chi connectivity index (χ1) is 10.8. The molecule has 0 radical (unpaired) electrons. The molecule has 3 N–H and O–H groups in total. The molecule has 0 spiro atoms. The minimum absolute atomic E-state index is 0.256. The van der Waals surface area contributed by atoms with Crippen LogP contribution in [0.15, 0.2) is 47.4 Å². The van der Waals surface area contributed by atoms with Gasteiger partial charge in [0.1, 0.15) is 0 Å². The third-order valence-corrected chi connectivity index (χ3v) is 4.35. The Bertz CT molecular complexity index is 865. The van der Waals surface area contributed by atoms with Crippen LogP contribution in [0.1, 0.15) is 15.9 Å². The van der Waals surface area contributed by atoms with Crippen LogP contribution in [0.3, 0.4) is 0 Å². The van der Waals surface area contributed by atoms with Gasteiger partial charge in [-0.25, -0.2) is 0 Å². The van der Waals surface area contributed by atoms with E-state index < -0.39 is 23.1 Å². The highest BCUT2D eigenvalue weighted by Crippen LogP contribution is 2.16. The molecule has 0 saturated carbocycles. The molecule has 7 nitrogen and oxygen atoms in total. The van der Waals surface area contributed by atoms with E-state index in [2.05, 4.69) is 5.32 Å². The standard InChI is InChI=1S/C14H12BNO6S/c17-14(9-1-2-10-8-22-15(18)13(10)7-9)16-11-3-5-12(6-4-11)23(19,20)21/h1-7,18H,8H2,(H,16,17)(H,19,20,21). The molecule has 1 aliphatic rings. The minimum Gasteiger partial charge on any atom is -0.423 e. The third kappa shape index (κ3) is 3.27. The molecule has 1 heterocycles. The summed E-state index contributed by atoms with van der Waals surface area (Å²) in [5, 5.41) is 12.3. The van der Waals surface area contributed by atoms with Gasteiger partial charge in [-0.2, -0.15) is 8.42 Å². The van der Waals surface area contributed by atoms with Gasteiger partial charge in [0, 0.05) is 11.3 Å². The van der Waals surface area contributed by atoms with Crippen LogP contribution < -0.4 is 10.8 Å². The van der Waals surface area contributed by atoms with Crippen molar-refractivity contribution in [1.82, 2.24) is 0 Å². The lowest BCUT2D eigenvalue weighted by atomic mass is 9.79. The Morgan fingerprint density at radius 2 is 1.87 bits per heavy atom. The fourth-order valence-corrected chi connectivity index (χ4v) is 2.75. The molecule has 9 heteroatoms. The second kappa shape index (κ2) is 5.78. The number of hydrogen-bond acceptors (Lipinski definition) is 5. The Labute approximate surface area is 132 Å². The summed E-state index contributed by atoms with van der Waals surface area (Å²) < 4.78 is 35.9. The summed E-state index contributed by atoms with van der Waals surface area (Å²) in [4.78, 5) is 11.9. The smallest absolute Gasteiger partial charge is 0.423 e. The zero-order valence-electron chi connectivity index (χ0n) is 11.8. The first-order valence-corrected chi connectivity index (χ1v) is 8.10. The number of carbonyl (C=O) groups is 1. The largest absolute Gasteiger partial charge is 0.491 e. The van der Waals surface area contributed by atoms with Gasteiger partial charge in [-0.15, -0.1) is 0 Å². The van der Waals surface area contributed by atoms with Crippen LogP contribution >= 0.6 is 0 Å². The summed E-state index contributed by atoms with van der Waals surface area (Å²) in [6.45, 7) is 0.301. The van der Waals surface area contributed by atoms with Crippen molar-refractivity contribution in [3.63, 3.8) is 0 Å². The highest BCUT2D eigenvalue weighted by molar-refractivity contribution is 7.85. The quantitative estimate of drug-likeness (QED) is 0.554. The number of hydrogen-bond donors (Lipinski definition) is 3. The lowest BCUT2D eigenvalue weighted by Crippen LogP contribution is -2.29. The Morgan fingerprint density at radius 1 is 1.17 bits per heavy atom. The first kappa shape index (κ1) is 15.7. The van der Waals surface area contributed by atoms with E-state index in [1.54, 1.807) is 18.2 Å². The SMILES string of the molecule is O=C(Nc1ccc(S(=O)(=O)O)cc1)c1ccc2c(c1)B(O)OC2. The Balaban J connectivity index is 1.78. The van der Waals surface area contributed by atoms with Gasteiger partial charge < -0.3 is 15.0 Å². The summed E-state index contributed by atoms with van der Waals surface area (Å²) in [7, 11) is -5.30. The second-order valence-corrected chi connectivity index (χ2v) is 6.45. The molecule has 1 aliphatic heterocycles. The molecule has 3 rings (SSSR count). The normalized spacial score (nSPS) is 13.7. The maximum Gasteiger partial charge on any atom is 0.491 e. The van der Waals surface area contributed by atoms with E-state index in [1.807, 2.05) is 0 Å². The van der Waals surface area contributed by atoms with Crippen molar-refractivity contribution < 1.29 is 27.4 Å². The number of nitrogens with one attached hydrogen (secondary N) is 1. The first-order valence-electron chi connectivity index (χ1n) is 6.66. The van der Waals surface area contributed by atoms with E-state index in [0.29, 0.717) is 23.3 Å². The molecule has 0 bridgehead atoms. The summed E-state index contributed by atoms with van der Waals surface area (Å²) in [5.74, 6) is -0.411. The predicted octanol–water partition coefficient (Wildman–Crippen LogP) is 0.403. The Hall–Kier alpha value is -2.20. The highest BCUT2D eigenvalue weighted by Gasteiger charge is 2.28. The second-order valence-electron chi connectivity index (χ2n) is 5.03. The zero-order chi connectivity index (χ0) is 16.6. The van der Waals surface area contributed by atoms with Gasteiger partial charge in [0.2, 0.25) is 0 Å². The van der Waals surface area contributed by atoms with Crippen LogP contribution in [0, 0.1) is 0 Å². The molecule has 118 valence electrons. The molecule has 23 heavy (non-hydrogen) atoms. The summed E-state index contributed by atoms with van der Waals surface area (Å²) in [5.41, 5.74) is 2.10. The predicted molar refractivity (Wildman–Crippen MR) is 83.0 cm³/mol. The zero-order valence-corrected chi connectivity index (χ0v) is 12.6. The van der Waals surface area contributed by atoms with Gasteiger partial charge in [0.05, 0.1) is 11.5 Å². The molecule has 0 unspecified atom stereocenters. The summed E-state index contributed by atoms with van der Waals surface area (Å²) in [6, 6.07) is 9.98. The highest BCUT2D eigenvalue weighted by atomic mass is 32.2. The van der Waals surface area contributed by atoms with Crippen molar-refractivity contribution in [2.24, 2.45) is 0 Å². The number of benzene rings is 2. The summed E-state index contributed by atoms with van der Waals surface area (Å²) >= 11 is 0. The van der Waals surface area contributed by atoms with E-state index in [0.717, 1.165) is 5.56 Å². The maximum atomic E-state index is 12.2. The van der Waals surface area contributed by atoms with E-state index in [1.165, 1.54) is 24.3 Å². The molecule has 2 aromatic rings. The van der Waals surface area contributed by atoms with Gasteiger partial charge in [-0.1, -0.05) is 6.07 Å².